The Balaban J connectivity index is 2.12. The van der Waals surface area contributed by atoms with E-state index in [2.05, 4.69) is 21.1 Å². The van der Waals surface area contributed by atoms with Crippen molar-refractivity contribution in [1.82, 2.24) is 0 Å². The lowest BCUT2D eigenvalue weighted by molar-refractivity contribution is -0.478. The van der Waals surface area contributed by atoms with E-state index in [1.807, 2.05) is 12.1 Å². The topological polar surface area (TPSA) is 98.9 Å². The Morgan fingerprint density at radius 2 is 1.79 bits per heavy atom. The highest BCUT2D eigenvalue weighted by atomic mass is 79.9. The smallest absolute Gasteiger partial charge is 0.352 e. The fourth-order valence-corrected chi connectivity index (χ4v) is 3.47. The first-order valence-electron chi connectivity index (χ1n) is 6.74. The van der Waals surface area contributed by atoms with Crippen LogP contribution in [0.15, 0.2) is 69.1 Å². The van der Waals surface area contributed by atoms with Crippen molar-refractivity contribution in [2.45, 2.75) is 16.9 Å². The zero-order valence-electron chi connectivity index (χ0n) is 12.3. The minimum atomic E-state index is -4.19. The van der Waals surface area contributed by atoms with Crippen LogP contribution in [-0.4, -0.2) is 24.9 Å². The van der Waals surface area contributed by atoms with Crippen molar-refractivity contribution in [1.29, 1.82) is 0 Å². The summed E-state index contributed by atoms with van der Waals surface area (Å²) in [5.74, 6) is 0. The SMILES string of the molecule is O=[N+]([O-])C(C=NOCc1ccccc1Br)S(=O)(=O)c1ccccc1. The third-order valence-corrected chi connectivity index (χ3v) is 5.67. The number of sulfone groups is 1. The lowest BCUT2D eigenvalue weighted by Crippen LogP contribution is -2.31. The minimum Gasteiger partial charge on any atom is -0.391 e. The molecule has 24 heavy (non-hydrogen) atoms. The molecule has 0 spiro atoms. The molecule has 0 aromatic heterocycles. The lowest BCUT2D eigenvalue weighted by atomic mass is 10.2. The molecule has 0 heterocycles. The van der Waals surface area contributed by atoms with Crippen molar-refractivity contribution >= 4 is 32.0 Å². The maximum Gasteiger partial charge on any atom is 0.352 e. The van der Waals surface area contributed by atoms with E-state index >= 15 is 0 Å². The van der Waals surface area contributed by atoms with Crippen molar-refractivity contribution in [3.63, 3.8) is 0 Å². The Labute approximate surface area is 147 Å². The molecule has 2 aromatic rings. The number of hydrogen-bond donors (Lipinski definition) is 0. The van der Waals surface area contributed by atoms with E-state index in [0.29, 0.717) is 6.21 Å². The molecule has 126 valence electrons. The van der Waals surface area contributed by atoms with Gasteiger partial charge in [-0.15, -0.1) is 0 Å². The zero-order valence-corrected chi connectivity index (χ0v) is 14.7. The van der Waals surface area contributed by atoms with Gasteiger partial charge in [-0.2, -0.15) is 0 Å². The molecule has 0 aliphatic heterocycles. The minimum absolute atomic E-state index is 0.0493. The standard InChI is InChI=1S/C15H13BrN2O5S/c16-14-9-5-4-6-12(14)11-23-17-10-15(18(19)20)24(21,22)13-7-2-1-3-8-13/h1-10,15H,11H2. The molecule has 9 heteroatoms. The summed E-state index contributed by atoms with van der Waals surface area (Å²) in [4.78, 5) is 15.0. The average Bonchev–Trinajstić information content (AvgIpc) is 2.56. The van der Waals surface area contributed by atoms with Crippen molar-refractivity contribution < 1.29 is 18.2 Å². The van der Waals surface area contributed by atoms with Gasteiger partial charge in [0.15, 0.2) is 0 Å². The molecule has 0 fully saturated rings. The van der Waals surface area contributed by atoms with Crippen LogP contribution in [0.2, 0.25) is 0 Å². The fraction of sp³-hybridized carbons (Fsp3) is 0.133. The van der Waals surface area contributed by atoms with Crippen LogP contribution in [0.5, 0.6) is 0 Å². The van der Waals surface area contributed by atoms with Gasteiger partial charge >= 0.3 is 5.37 Å². The molecule has 0 aliphatic carbocycles. The normalized spacial score (nSPS) is 12.9. The summed E-state index contributed by atoms with van der Waals surface area (Å²) < 4.78 is 25.4. The van der Waals surface area contributed by atoms with Crippen LogP contribution in [0.4, 0.5) is 0 Å². The van der Waals surface area contributed by atoms with Crippen molar-refractivity contribution in [2.24, 2.45) is 5.16 Å². The molecule has 2 rings (SSSR count). The molecule has 7 nitrogen and oxygen atoms in total. The second-order valence-electron chi connectivity index (χ2n) is 4.65. The van der Waals surface area contributed by atoms with Gasteiger partial charge in [0.2, 0.25) is 0 Å². The molecular formula is C15H13BrN2O5S. The lowest BCUT2D eigenvalue weighted by Gasteiger charge is -2.07. The number of nitro groups is 1. The molecule has 2 aromatic carbocycles. The van der Waals surface area contributed by atoms with Crippen molar-refractivity contribution in [2.75, 3.05) is 0 Å². The number of oxime groups is 1. The molecule has 0 radical (unpaired) electrons. The highest BCUT2D eigenvalue weighted by molar-refractivity contribution is 9.10. The Hall–Kier alpha value is -2.26. The first kappa shape index (κ1) is 18.1. The number of hydrogen-bond acceptors (Lipinski definition) is 6. The second-order valence-corrected chi connectivity index (χ2v) is 7.55. The Morgan fingerprint density at radius 3 is 2.42 bits per heavy atom. The van der Waals surface area contributed by atoms with E-state index in [1.54, 1.807) is 18.2 Å². The largest absolute Gasteiger partial charge is 0.391 e. The summed E-state index contributed by atoms with van der Waals surface area (Å²) in [6.07, 6.45) is 0.680. The van der Waals surface area contributed by atoms with Gasteiger partial charge in [-0.3, -0.25) is 10.1 Å². The second kappa shape index (κ2) is 8.02. The first-order valence-corrected chi connectivity index (χ1v) is 9.08. The molecule has 0 bridgehead atoms. The maximum absolute atomic E-state index is 12.3. The van der Waals surface area contributed by atoms with Gasteiger partial charge in [-0.1, -0.05) is 57.5 Å². The number of benzene rings is 2. The Morgan fingerprint density at radius 1 is 1.17 bits per heavy atom. The summed E-state index contributed by atoms with van der Waals surface area (Å²) in [6.45, 7) is 0.0493. The maximum atomic E-state index is 12.3. The number of nitrogens with zero attached hydrogens (tertiary/aromatic N) is 2. The quantitative estimate of drug-likeness (QED) is 0.395. The van der Waals surface area contributed by atoms with E-state index in [-0.39, 0.29) is 11.5 Å². The van der Waals surface area contributed by atoms with Gasteiger partial charge < -0.3 is 4.84 Å². The molecule has 0 N–H and O–H groups in total. The summed E-state index contributed by atoms with van der Waals surface area (Å²) in [6, 6.07) is 14.4. The molecule has 0 saturated carbocycles. The average molecular weight is 413 g/mol. The predicted molar refractivity (Wildman–Crippen MR) is 91.8 cm³/mol. The summed E-state index contributed by atoms with van der Waals surface area (Å²) >= 11 is 3.33. The van der Waals surface area contributed by atoms with Crippen LogP contribution in [0.1, 0.15) is 5.56 Å². The highest BCUT2D eigenvalue weighted by Gasteiger charge is 2.36. The Kier molecular flexibility index (Phi) is 6.04. The van der Waals surface area contributed by atoms with Crippen molar-refractivity contribution in [3.8, 4) is 0 Å². The van der Waals surface area contributed by atoms with Gasteiger partial charge in [-0.05, 0) is 18.2 Å². The van der Waals surface area contributed by atoms with Gasteiger partial charge in [0, 0.05) is 15.0 Å². The zero-order chi connectivity index (χ0) is 17.6. The molecule has 1 unspecified atom stereocenters. The van der Waals surface area contributed by atoms with E-state index in [4.69, 9.17) is 4.84 Å². The van der Waals surface area contributed by atoms with Gasteiger partial charge in [0.05, 0.1) is 4.90 Å². The van der Waals surface area contributed by atoms with Crippen LogP contribution >= 0.6 is 15.9 Å². The van der Waals surface area contributed by atoms with Gasteiger partial charge in [0.1, 0.15) is 12.8 Å². The van der Waals surface area contributed by atoms with Gasteiger partial charge in [0.25, 0.3) is 9.84 Å². The van der Waals surface area contributed by atoms with Gasteiger partial charge in [-0.25, -0.2) is 8.42 Å². The summed E-state index contributed by atoms with van der Waals surface area (Å²) in [5.41, 5.74) is 0.776. The number of halogens is 1. The van der Waals surface area contributed by atoms with E-state index < -0.39 is 20.1 Å². The van der Waals surface area contributed by atoms with Crippen LogP contribution < -0.4 is 0 Å². The van der Waals surface area contributed by atoms with E-state index in [0.717, 1.165) is 10.0 Å². The van der Waals surface area contributed by atoms with E-state index in [9.17, 15) is 18.5 Å². The molecule has 1 atom stereocenters. The summed E-state index contributed by atoms with van der Waals surface area (Å²) in [5, 5.41) is 12.5. The fourth-order valence-electron chi connectivity index (χ4n) is 1.81. The monoisotopic (exact) mass is 412 g/mol. The Bertz CT molecular complexity index is 840. The molecule has 0 amide bonds. The summed E-state index contributed by atoms with van der Waals surface area (Å²) in [7, 11) is -4.19. The van der Waals surface area contributed by atoms with Crippen LogP contribution in [-0.2, 0) is 21.3 Å². The first-order chi connectivity index (χ1) is 11.4. The van der Waals surface area contributed by atoms with Crippen LogP contribution in [0, 0.1) is 10.1 Å². The molecule has 0 aliphatic rings. The molecular weight excluding hydrogens is 400 g/mol. The highest BCUT2D eigenvalue weighted by Crippen LogP contribution is 2.17. The molecule has 0 saturated heterocycles. The van der Waals surface area contributed by atoms with E-state index in [1.165, 1.54) is 24.3 Å². The van der Waals surface area contributed by atoms with Crippen molar-refractivity contribution in [3.05, 3.63) is 74.7 Å². The third kappa shape index (κ3) is 4.39. The third-order valence-electron chi connectivity index (χ3n) is 3.04. The predicted octanol–water partition coefficient (Wildman–Crippen LogP) is 3.03. The van der Waals surface area contributed by atoms with Crippen LogP contribution in [0.3, 0.4) is 0 Å². The number of rotatable bonds is 7. The van der Waals surface area contributed by atoms with Crippen LogP contribution in [0.25, 0.3) is 0 Å².